The molecule has 1 heterocycles. The van der Waals surface area contributed by atoms with Crippen LogP contribution in [0.3, 0.4) is 0 Å². The molecule has 1 aliphatic rings. The Kier molecular flexibility index (Phi) is 6.47. The third kappa shape index (κ3) is 5.61. The highest BCUT2D eigenvalue weighted by molar-refractivity contribution is 7.80. The number of anilines is 3. The Morgan fingerprint density at radius 2 is 1.60 bits per heavy atom. The lowest BCUT2D eigenvalue weighted by Gasteiger charge is -2.34. The quantitative estimate of drug-likeness (QED) is 0.637. The number of carbonyl (C=O) groups excluding carboxylic acids is 1. The van der Waals surface area contributed by atoms with Crippen LogP contribution in [0.2, 0.25) is 0 Å². The maximum absolute atomic E-state index is 13.4. The lowest BCUT2D eigenvalue weighted by molar-refractivity contribution is -0.137. The van der Waals surface area contributed by atoms with Gasteiger partial charge in [-0.1, -0.05) is 0 Å². The Bertz CT molecular complexity index is 925. The van der Waals surface area contributed by atoms with Crippen LogP contribution >= 0.6 is 12.2 Å². The van der Waals surface area contributed by atoms with E-state index in [0.717, 1.165) is 25.2 Å². The van der Waals surface area contributed by atoms with Gasteiger partial charge in [0.15, 0.2) is 5.11 Å². The van der Waals surface area contributed by atoms with Crippen LogP contribution in [0, 0.1) is 0 Å². The molecule has 2 aromatic carbocycles. The number of hydrogen-bond donors (Lipinski definition) is 3. The molecule has 6 nitrogen and oxygen atoms in total. The van der Waals surface area contributed by atoms with E-state index in [1.54, 1.807) is 18.2 Å². The van der Waals surface area contributed by atoms with Crippen molar-refractivity contribution >= 4 is 40.3 Å². The highest BCUT2D eigenvalue weighted by Crippen LogP contribution is 2.35. The number of hydrogen-bond acceptors (Lipinski definition) is 4. The third-order valence-electron chi connectivity index (χ3n) is 4.80. The van der Waals surface area contributed by atoms with Gasteiger partial charge >= 0.3 is 6.18 Å². The van der Waals surface area contributed by atoms with Gasteiger partial charge in [-0.05, 0) is 61.7 Å². The van der Waals surface area contributed by atoms with Crippen molar-refractivity contribution in [2.75, 3.05) is 48.8 Å². The summed E-state index contributed by atoms with van der Waals surface area (Å²) in [5.74, 6) is -0.553. The van der Waals surface area contributed by atoms with Crippen LogP contribution in [0.4, 0.5) is 30.2 Å². The van der Waals surface area contributed by atoms with Gasteiger partial charge in [-0.2, -0.15) is 13.2 Å². The maximum Gasteiger partial charge on any atom is 0.416 e. The number of nitrogens with two attached hydrogens (primary N) is 1. The molecule has 4 N–H and O–H groups in total. The standard InChI is InChI=1S/C20H22F3N5OS/c1-27-6-8-28(9-7-27)17-11-14(20(21,22)23)10-16(12-17)26-19(30)25-15-4-2-13(3-5-15)18(24)29/h2-5,10-12H,6-9H2,1H3,(H2,24,29)(H2,25,26,30). The number of rotatable bonds is 4. The Balaban J connectivity index is 1.77. The highest BCUT2D eigenvalue weighted by atomic mass is 32.1. The van der Waals surface area contributed by atoms with Crippen molar-refractivity contribution < 1.29 is 18.0 Å². The van der Waals surface area contributed by atoms with Crippen LogP contribution in [0.5, 0.6) is 0 Å². The van der Waals surface area contributed by atoms with Crippen LogP contribution in [0.1, 0.15) is 15.9 Å². The number of halogens is 3. The third-order valence-corrected chi connectivity index (χ3v) is 5.00. The van der Waals surface area contributed by atoms with Gasteiger partial charge in [-0.25, -0.2) is 0 Å². The molecule has 1 aliphatic heterocycles. The molecule has 1 amide bonds. The summed E-state index contributed by atoms with van der Waals surface area (Å²) in [6, 6.07) is 10.1. The molecule has 0 radical (unpaired) electrons. The molecule has 0 atom stereocenters. The zero-order valence-corrected chi connectivity index (χ0v) is 17.1. The minimum atomic E-state index is -4.47. The first kappa shape index (κ1) is 21.8. The summed E-state index contributed by atoms with van der Waals surface area (Å²) in [7, 11) is 1.98. The van der Waals surface area contributed by atoms with E-state index in [1.807, 2.05) is 11.9 Å². The minimum absolute atomic E-state index is 0.130. The zero-order chi connectivity index (χ0) is 21.9. The summed E-state index contributed by atoms with van der Waals surface area (Å²) in [6.07, 6.45) is -4.47. The largest absolute Gasteiger partial charge is 0.416 e. The molecule has 0 aromatic heterocycles. The van der Waals surface area contributed by atoms with Gasteiger partial charge in [0, 0.05) is 48.8 Å². The minimum Gasteiger partial charge on any atom is -0.369 e. The van der Waals surface area contributed by atoms with E-state index in [-0.39, 0.29) is 10.8 Å². The summed E-state index contributed by atoms with van der Waals surface area (Å²) >= 11 is 5.24. The van der Waals surface area contributed by atoms with E-state index < -0.39 is 17.6 Å². The first-order chi connectivity index (χ1) is 14.1. The fraction of sp³-hybridized carbons (Fsp3) is 0.300. The molecule has 0 aliphatic carbocycles. The van der Waals surface area contributed by atoms with Crippen LogP contribution in [0.25, 0.3) is 0 Å². The number of benzene rings is 2. The number of amides is 1. The molecule has 0 bridgehead atoms. The van der Waals surface area contributed by atoms with E-state index >= 15 is 0 Å². The van der Waals surface area contributed by atoms with Crippen molar-refractivity contribution in [2.24, 2.45) is 5.73 Å². The summed E-state index contributed by atoms with van der Waals surface area (Å²) in [5.41, 5.74) is 6.11. The number of piperazine rings is 1. The second-order valence-electron chi connectivity index (χ2n) is 7.08. The predicted octanol–water partition coefficient (Wildman–Crippen LogP) is 3.37. The fourth-order valence-corrected chi connectivity index (χ4v) is 3.34. The second kappa shape index (κ2) is 8.88. The molecular formula is C20H22F3N5OS. The fourth-order valence-electron chi connectivity index (χ4n) is 3.11. The van der Waals surface area contributed by atoms with E-state index in [0.29, 0.717) is 30.0 Å². The smallest absolute Gasteiger partial charge is 0.369 e. The second-order valence-corrected chi connectivity index (χ2v) is 7.49. The maximum atomic E-state index is 13.4. The van der Waals surface area contributed by atoms with Crippen molar-refractivity contribution in [3.63, 3.8) is 0 Å². The zero-order valence-electron chi connectivity index (χ0n) is 16.3. The molecule has 1 saturated heterocycles. The van der Waals surface area contributed by atoms with Crippen molar-refractivity contribution in [2.45, 2.75) is 6.18 Å². The average Bonchev–Trinajstić information content (AvgIpc) is 2.68. The molecular weight excluding hydrogens is 415 g/mol. The normalized spacial score (nSPS) is 15.0. The number of likely N-dealkylation sites (N-methyl/N-ethyl adjacent to an activating group) is 1. The first-order valence-electron chi connectivity index (χ1n) is 9.25. The Morgan fingerprint density at radius 1 is 1.00 bits per heavy atom. The van der Waals surface area contributed by atoms with Crippen molar-refractivity contribution in [3.8, 4) is 0 Å². The first-order valence-corrected chi connectivity index (χ1v) is 9.66. The van der Waals surface area contributed by atoms with Crippen LogP contribution in [-0.4, -0.2) is 49.1 Å². The van der Waals surface area contributed by atoms with Crippen LogP contribution < -0.4 is 21.3 Å². The Morgan fingerprint density at radius 3 is 2.17 bits per heavy atom. The molecule has 0 saturated carbocycles. The molecule has 3 rings (SSSR count). The van der Waals surface area contributed by atoms with Gasteiger partial charge in [0.2, 0.25) is 5.91 Å². The van der Waals surface area contributed by atoms with E-state index in [2.05, 4.69) is 15.5 Å². The Labute approximate surface area is 177 Å². The summed E-state index contributed by atoms with van der Waals surface area (Å²) in [4.78, 5) is 15.2. The average molecular weight is 437 g/mol. The van der Waals surface area contributed by atoms with Crippen LogP contribution in [-0.2, 0) is 6.18 Å². The number of nitrogens with one attached hydrogen (secondary N) is 2. The van der Waals surface area contributed by atoms with Crippen molar-refractivity contribution in [3.05, 3.63) is 53.6 Å². The highest BCUT2D eigenvalue weighted by Gasteiger charge is 2.32. The van der Waals surface area contributed by atoms with E-state index in [1.165, 1.54) is 12.1 Å². The van der Waals surface area contributed by atoms with Crippen LogP contribution in [0.15, 0.2) is 42.5 Å². The summed E-state index contributed by atoms with van der Waals surface area (Å²) in [5, 5.41) is 5.84. The van der Waals surface area contributed by atoms with Gasteiger partial charge in [0.1, 0.15) is 0 Å². The lowest BCUT2D eigenvalue weighted by Crippen LogP contribution is -2.44. The van der Waals surface area contributed by atoms with Gasteiger partial charge in [-0.15, -0.1) is 0 Å². The van der Waals surface area contributed by atoms with Gasteiger partial charge < -0.3 is 26.2 Å². The summed E-state index contributed by atoms with van der Waals surface area (Å²) in [6.45, 7) is 2.85. The molecule has 160 valence electrons. The lowest BCUT2D eigenvalue weighted by atomic mass is 10.1. The van der Waals surface area contributed by atoms with E-state index in [4.69, 9.17) is 18.0 Å². The molecule has 10 heteroatoms. The monoisotopic (exact) mass is 437 g/mol. The van der Waals surface area contributed by atoms with Gasteiger partial charge in [0.05, 0.1) is 5.56 Å². The van der Waals surface area contributed by atoms with E-state index in [9.17, 15) is 18.0 Å². The predicted molar refractivity (Wildman–Crippen MR) is 116 cm³/mol. The number of nitrogens with zero attached hydrogens (tertiary/aromatic N) is 2. The SMILES string of the molecule is CN1CCN(c2cc(NC(=S)Nc3ccc(C(N)=O)cc3)cc(C(F)(F)F)c2)CC1. The number of thiocarbonyl (C=S) groups is 1. The Hall–Kier alpha value is -2.85. The van der Waals surface area contributed by atoms with Crippen molar-refractivity contribution in [1.29, 1.82) is 0 Å². The number of alkyl halides is 3. The van der Waals surface area contributed by atoms with Gasteiger partial charge in [-0.3, -0.25) is 4.79 Å². The molecule has 30 heavy (non-hydrogen) atoms. The number of carbonyl (C=O) groups is 1. The topological polar surface area (TPSA) is 73.6 Å². The van der Waals surface area contributed by atoms with Crippen molar-refractivity contribution in [1.82, 2.24) is 4.90 Å². The molecule has 0 spiro atoms. The molecule has 2 aromatic rings. The molecule has 1 fully saturated rings. The molecule has 0 unspecified atom stereocenters. The van der Waals surface area contributed by atoms with Gasteiger partial charge in [0.25, 0.3) is 0 Å². The number of primary amides is 1. The summed E-state index contributed by atoms with van der Waals surface area (Å²) < 4.78 is 40.3.